The number of benzene rings is 1. The van der Waals surface area contributed by atoms with Gasteiger partial charge in [-0.2, -0.15) is 0 Å². The van der Waals surface area contributed by atoms with Gasteiger partial charge in [0.2, 0.25) is 41.4 Å². The van der Waals surface area contributed by atoms with E-state index < -0.39 is 90.1 Å². The lowest BCUT2D eigenvalue weighted by molar-refractivity contribution is -0.141. The number of carbonyl (C=O) groups excluding carboxylic acids is 7. The van der Waals surface area contributed by atoms with Gasteiger partial charge in [0, 0.05) is 26.1 Å². The fraction of sp³-hybridized carbons (Fsp3) is 0.541. The molecular weight excluding hydrogens is 827 g/mol. The Bertz CT molecular complexity index is 1780. The Hall–Kier alpha value is -7.25. The number of hydrogen-bond donors (Lipinski definition) is 15. The van der Waals surface area contributed by atoms with E-state index in [2.05, 4.69) is 46.9 Å². The van der Waals surface area contributed by atoms with Crippen molar-refractivity contribution >= 4 is 65.2 Å². The van der Waals surface area contributed by atoms with Crippen LogP contribution in [0.2, 0.25) is 0 Å². The molecule has 0 fully saturated rings. The predicted octanol–water partition coefficient (Wildman–Crippen LogP) is -6.37. The van der Waals surface area contributed by atoms with Crippen LogP contribution in [0.25, 0.3) is 0 Å². The third-order valence-electron chi connectivity index (χ3n) is 8.85. The van der Waals surface area contributed by atoms with Crippen LogP contribution in [0.5, 0.6) is 0 Å². The molecule has 0 aliphatic heterocycles. The molecule has 26 heteroatoms. The minimum absolute atomic E-state index is 0.0146. The second-order valence-corrected chi connectivity index (χ2v) is 14.2. The number of carboxylic acids is 1. The molecule has 7 amide bonds. The van der Waals surface area contributed by atoms with Gasteiger partial charge in [-0.15, -0.1) is 0 Å². The van der Waals surface area contributed by atoms with E-state index in [0.29, 0.717) is 0 Å². The quantitative estimate of drug-likeness (QED) is 0.0194. The molecule has 1 aromatic rings. The van der Waals surface area contributed by atoms with E-state index in [0.717, 1.165) is 5.56 Å². The topological polar surface area (TPSA) is 474 Å². The number of amides is 7. The van der Waals surface area contributed by atoms with Gasteiger partial charge >= 0.3 is 5.97 Å². The molecule has 0 saturated carbocycles. The van der Waals surface area contributed by atoms with Crippen LogP contribution in [0.3, 0.4) is 0 Å². The predicted molar refractivity (Wildman–Crippen MR) is 232 cm³/mol. The number of nitrogens with zero attached hydrogens (tertiary/aromatic N) is 3. The number of nitrogens with one attached hydrogen (secondary N) is 6. The summed E-state index contributed by atoms with van der Waals surface area (Å²) in [7, 11) is 0. The van der Waals surface area contributed by atoms with Gasteiger partial charge in [-0.1, -0.05) is 30.3 Å². The molecule has 0 spiro atoms. The largest absolute Gasteiger partial charge is 0.480 e. The number of nitrogens with two attached hydrogens (primary N) is 8. The first-order valence-corrected chi connectivity index (χ1v) is 19.9. The maximum absolute atomic E-state index is 14.0. The van der Waals surface area contributed by atoms with Gasteiger partial charge in [-0.25, -0.2) is 0 Å². The smallest absolute Gasteiger partial charge is 0.325 e. The average molecular weight is 890 g/mol. The monoisotopic (exact) mass is 889 g/mol. The summed E-state index contributed by atoms with van der Waals surface area (Å²) in [4.78, 5) is 115. The molecule has 63 heavy (non-hydrogen) atoms. The SMILES string of the molecule is C[C@H](NC(=O)CNC(=O)[C@H](CCCN=C(N)N)NC(=O)[C@H](CCCN=C(N)N)NC(=O)[C@H](CCC(N)=O)NC(=O)[C@H](CCCN=C(N)N)NC(=O)[C@@H](N)Cc1ccccc1)C(=O)O. The normalized spacial score (nSPS) is 13.4. The molecule has 0 aliphatic carbocycles. The van der Waals surface area contributed by atoms with Crippen molar-refractivity contribution in [2.75, 3.05) is 26.2 Å². The van der Waals surface area contributed by atoms with Crippen molar-refractivity contribution in [3.63, 3.8) is 0 Å². The fourth-order valence-corrected chi connectivity index (χ4v) is 5.57. The van der Waals surface area contributed by atoms with Gasteiger partial charge in [0.15, 0.2) is 17.9 Å². The first-order chi connectivity index (χ1) is 29.7. The van der Waals surface area contributed by atoms with Crippen LogP contribution in [0.4, 0.5) is 0 Å². The number of carboxylic acid groups (broad SMARTS) is 1. The highest BCUT2D eigenvalue weighted by molar-refractivity contribution is 5.96. The van der Waals surface area contributed by atoms with Crippen molar-refractivity contribution < 1.29 is 43.5 Å². The van der Waals surface area contributed by atoms with Gasteiger partial charge in [-0.3, -0.25) is 53.3 Å². The highest BCUT2D eigenvalue weighted by atomic mass is 16.4. The molecule has 0 bridgehead atoms. The Labute approximate surface area is 364 Å². The van der Waals surface area contributed by atoms with Gasteiger partial charge in [-0.05, 0) is 63.9 Å². The van der Waals surface area contributed by atoms with E-state index in [1.54, 1.807) is 30.3 Å². The molecule has 0 saturated heterocycles. The average Bonchev–Trinajstić information content (AvgIpc) is 3.21. The van der Waals surface area contributed by atoms with Gasteiger partial charge < -0.3 is 82.9 Å². The molecule has 0 aliphatic rings. The highest BCUT2D eigenvalue weighted by Gasteiger charge is 2.32. The molecular formula is C37H63N17O9. The van der Waals surface area contributed by atoms with Crippen molar-refractivity contribution in [1.82, 2.24) is 31.9 Å². The Balaban J connectivity index is 3.41. The number of aliphatic imine (C=N–C) groups is 3. The summed E-state index contributed by atoms with van der Waals surface area (Å²) >= 11 is 0. The third-order valence-corrected chi connectivity index (χ3v) is 8.85. The van der Waals surface area contributed by atoms with Crippen LogP contribution in [0, 0.1) is 0 Å². The van der Waals surface area contributed by atoms with E-state index in [1.807, 2.05) is 0 Å². The molecule has 0 aromatic heterocycles. The highest BCUT2D eigenvalue weighted by Crippen LogP contribution is 2.09. The number of rotatable bonds is 30. The lowest BCUT2D eigenvalue weighted by atomic mass is 10.0. The number of aliphatic carboxylic acids is 1. The first kappa shape index (κ1) is 53.8. The maximum Gasteiger partial charge on any atom is 0.325 e. The number of guanidine groups is 3. The van der Waals surface area contributed by atoms with Crippen molar-refractivity contribution in [1.29, 1.82) is 0 Å². The molecule has 350 valence electrons. The van der Waals surface area contributed by atoms with Crippen LogP contribution in [-0.2, 0) is 44.8 Å². The number of carbonyl (C=O) groups is 8. The lowest BCUT2D eigenvalue weighted by Crippen LogP contribution is -2.59. The Morgan fingerprint density at radius 1 is 0.571 bits per heavy atom. The van der Waals surface area contributed by atoms with Crippen molar-refractivity contribution in [2.24, 2.45) is 60.8 Å². The summed E-state index contributed by atoms with van der Waals surface area (Å²) in [6, 6.07) is 1.05. The lowest BCUT2D eigenvalue weighted by Gasteiger charge is -2.27. The summed E-state index contributed by atoms with van der Waals surface area (Å²) in [6.07, 6.45) is -0.314. The van der Waals surface area contributed by atoms with Crippen molar-refractivity contribution in [2.45, 2.75) is 101 Å². The zero-order valence-electron chi connectivity index (χ0n) is 35.2. The zero-order chi connectivity index (χ0) is 47.5. The van der Waals surface area contributed by atoms with Crippen molar-refractivity contribution in [3.8, 4) is 0 Å². The second kappa shape index (κ2) is 29.1. The molecule has 23 N–H and O–H groups in total. The van der Waals surface area contributed by atoms with Crippen LogP contribution in [-0.4, -0.2) is 133 Å². The van der Waals surface area contributed by atoms with Crippen LogP contribution >= 0.6 is 0 Å². The first-order valence-electron chi connectivity index (χ1n) is 19.9. The van der Waals surface area contributed by atoms with Crippen LogP contribution in [0.15, 0.2) is 45.3 Å². The Morgan fingerprint density at radius 2 is 0.968 bits per heavy atom. The Kier molecular flexibility index (Phi) is 24.8. The summed E-state index contributed by atoms with van der Waals surface area (Å²) in [6.45, 7) is 0.727. The van der Waals surface area contributed by atoms with E-state index in [4.69, 9.17) is 51.0 Å². The van der Waals surface area contributed by atoms with E-state index in [1.165, 1.54) is 6.92 Å². The minimum Gasteiger partial charge on any atom is -0.480 e. The number of hydrogen-bond acceptors (Lipinski definition) is 12. The van der Waals surface area contributed by atoms with Crippen molar-refractivity contribution in [3.05, 3.63) is 35.9 Å². The summed E-state index contributed by atoms with van der Waals surface area (Å²) in [5.41, 5.74) is 44.9. The summed E-state index contributed by atoms with van der Waals surface area (Å²) < 4.78 is 0. The van der Waals surface area contributed by atoms with E-state index in [9.17, 15) is 38.4 Å². The zero-order valence-corrected chi connectivity index (χ0v) is 35.2. The molecule has 0 radical (unpaired) electrons. The standard InChI is InChI=1S/C37H63N17O9/c1-20(34(62)63)50-28(56)19-49-30(58)23(10-5-15-46-35(40)41)52-32(60)25(12-7-17-48-37(44)45)53-33(61)26(13-14-27(39)55)54-31(59)24(11-6-16-47-36(42)43)51-29(57)22(38)18-21-8-3-2-4-9-21/h2-4,8-9,20,22-26H,5-7,10-19,38H2,1H3,(H2,39,55)(H,49,58)(H,50,56)(H,51,57)(H,52,60)(H,53,61)(H,54,59)(H,62,63)(H4,40,41,46)(H4,42,43,47)(H4,44,45,48)/t20-,22-,23-,24-,25-,26-/m0/s1. The third kappa shape index (κ3) is 24.0. The second-order valence-electron chi connectivity index (χ2n) is 14.2. The molecule has 0 unspecified atom stereocenters. The van der Waals surface area contributed by atoms with Crippen LogP contribution in [0.1, 0.15) is 63.9 Å². The molecule has 1 aromatic carbocycles. The number of primary amides is 1. The summed E-state index contributed by atoms with van der Waals surface area (Å²) in [5.74, 6) is -7.83. The minimum atomic E-state index is -1.50. The Morgan fingerprint density at radius 3 is 1.37 bits per heavy atom. The molecule has 0 heterocycles. The van der Waals surface area contributed by atoms with Gasteiger partial charge in [0.05, 0.1) is 12.6 Å². The molecule has 6 atom stereocenters. The molecule has 26 nitrogen and oxygen atoms in total. The van der Waals surface area contributed by atoms with E-state index in [-0.39, 0.29) is 95.3 Å². The van der Waals surface area contributed by atoms with E-state index >= 15 is 0 Å². The van der Waals surface area contributed by atoms with Crippen LogP contribution < -0.4 is 77.8 Å². The summed E-state index contributed by atoms with van der Waals surface area (Å²) in [5, 5.41) is 23.8. The van der Waals surface area contributed by atoms with Gasteiger partial charge in [0.25, 0.3) is 0 Å². The molecule has 1 rings (SSSR count). The van der Waals surface area contributed by atoms with Gasteiger partial charge in [0.1, 0.15) is 30.2 Å². The fourth-order valence-electron chi connectivity index (χ4n) is 5.57. The maximum atomic E-state index is 14.0.